The van der Waals surface area contributed by atoms with Crippen LogP contribution in [0, 0.1) is 0 Å². The quantitative estimate of drug-likeness (QED) is 0.797. The lowest BCUT2D eigenvalue weighted by molar-refractivity contribution is -0.0328. The van der Waals surface area contributed by atoms with Gasteiger partial charge in [-0.1, -0.05) is 12.1 Å². The Balaban J connectivity index is 1.72. The molecule has 1 aliphatic heterocycles. The summed E-state index contributed by atoms with van der Waals surface area (Å²) in [6.07, 6.45) is 0. The van der Waals surface area contributed by atoms with E-state index in [4.69, 9.17) is 4.74 Å². The maximum atomic E-state index is 12.5. The van der Waals surface area contributed by atoms with Crippen LogP contribution in [-0.4, -0.2) is 37.7 Å². The Morgan fingerprint density at radius 3 is 2.35 bits per heavy atom. The molecule has 0 aliphatic carbocycles. The van der Waals surface area contributed by atoms with Crippen molar-refractivity contribution in [1.29, 1.82) is 0 Å². The Morgan fingerprint density at radius 1 is 1.04 bits per heavy atom. The third-order valence-corrected chi connectivity index (χ3v) is 4.59. The molecule has 26 heavy (non-hydrogen) atoms. The summed E-state index contributed by atoms with van der Waals surface area (Å²) in [5, 5.41) is 2.84. The summed E-state index contributed by atoms with van der Waals surface area (Å²) in [6.45, 7) is 2.72. The number of ether oxygens (including phenoxy) is 1. The number of halogens is 3. The number of hydrogen-bond acceptors (Lipinski definition) is 4. The number of carbonyl (C=O) groups is 1. The lowest BCUT2D eigenvalue weighted by atomic mass is 10.2. The fraction of sp³-hybridized carbons (Fsp3) is 0.278. The zero-order chi connectivity index (χ0) is 18.6. The van der Waals surface area contributed by atoms with E-state index < -0.39 is 5.51 Å². The molecule has 0 atom stereocenters. The Hall–Kier alpha value is -2.19. The molecular weight excluding hydrogens is 365 g/mol. The van der Waals surface area contributed by atoms with Crippen molar-refractivity contribution in [3.63, 3.8) is 0 Å². The van der Waals surface area contributed by atoms with Crippen LogP contribution in [-0.2, 0) is 4.74 Å². The number of morpholine rings is 1. The minimum absolute atomic E-state index is 0.0442. The van der Waals surface area contributed by atoms with Gasteiger partial charge in [0.05, 0.1) is 24.6 Å². The number of para-hydroxylation sites is 2. The van der Waals surface area contributed by atoms with Crippen molar-refractivity contribution in [3.05, 3.63) is 54.1 Å². The minimum atomic E-state index is -4.35. The van der Waals surface area contributed by atoms with Crippen LogP contribution in [0.1, 0.15) is 10.4 Å². The van der Waals surface area contributed by atoms with Crippen LogP contribution in [0.5, 0.6) is 0 Å². The number of rotatable bonds is 4. The highest BCUT2D eigenvalue weighted by Gasteiger charge is 2.29. The van der Waals surface area contributed by atoms with Gasteiger partial charge in [-0.2, -0.15) is 13.2 Å². The first-order valence-corrected chi connectivity index (χ1v) is 8.83. The van der Waals surface area contributed by atoms with Gasteiger partial charge >= 0.3 is 5.51 Å². The summed E-state index contributed by atoms with van der Waals surface area (Å²) in [6, 6.07) is 12.8. The Labute approximate surface area is 153 Å². The largest absolute Gasteiger partial charge is 0.446 e. The number of nitrogens with zero attached hydrogens (tertiary/aromatic N) is 1. The van der Waals surface area contributed by atoms with Crippen molar-refractivity contribution in [1.82, 2.24) is 0 Å². The first-order valence-electron chi connectivity index (χ1n) is 8.01. The number of hydrogen-bond donors (Lipinski definition) is 1. The van der Waals surface area contributed by atoms with Crippen LogP contribution in [0.2, 0.25) is 0 Å². The van der Waals surface area contributed by atoms with E-state index in [1.54, 1.807) is 6.07 Å². The molecule has 1 aliphatic rings. The second-order valence-electron chi connectivity index (χ2n) is 5.64. The molecule has 1 saturated heterocycles. The first-order chi connectivity index (χ1) is 12.4. The molecule has 3 rings (SSSR count). The van der Waals surface area contributed by atoms with Gasteiger partial charge in [0, 0.05) is 23.5 Å². The Kier molecular flexibility index (Phi) is 5.73. The number of benzene rings is 2. The van der Waals surface area contributed by atoms with Crippen LogP contribution >= 0.6 is 11.8 Å². The summed E-state index contributed by atoms with van der Waals surface area (Å²) in [7, 11) is 0. The molecule has 0 spiro atoms. The standard InChI is InChI=1S/C18H17F3N2O2S/c19-18(20,21)26-14-7-5-13(6-8-14)17(24)22-15-3-1-2-4-16(15)23-9-11-25-12-10-23/h1-8H,9-12H2,(H,22,24). The molecule has 1 heterocycles. The van der Waals surface area contributed by atoms with Gasteiger partial charge in [0.1, 0.15) is 0 Å². The minimum Gasteiger partial charge on any atom is -0.378 e. The van der Waals surface area contributed by atoms with Gasteiger partial charge < -0.3 is 15.0 Å². The monoisotopic (exact) mass is 382 g/mol. The zero-order valence-electron chi connectivity index (χ0n) is 13.8. The number of thioether (sulfide) groups is 1. The van der Waals surface area contributed by atoms with Crippen LogP contribution in [0.25, 0.3) is 0 Å². The molecule has 4 nitrogen and oxygen atoms in total. The van der Waals surface area contributed by atoms with Crippen molar-refractivity contribution < 1.29 is 22.7 Å². The van der Waals surface area contributed by atoms with Crippen molar-refractivity contribution >= 4 is 29.0 Å². The van der Waals surface area contributed by atoms with Gasteiger partial charge in [-0.3, -0.25) is 4.79 Å². The summed E-state index contributed by atoms with van der Waals surface area (Å²) in [5.41, 5.74) is -2.49. The number of alkyl halides is 3. The lowest BCUT2D eigenvalue weighted by Gasteiger charge is -2.30. The highest BCUT2D eigenvalue weighted by atomic mass is 32.2. The van der Waals surface area contributed by atoms with Gasteiger partial charge in [-0.25, -0.2) is 0 Å². The van der Waals surface area contributed by atoms with Crippen molar-refractivity contribution in [3.8, 4) is 0 Å². The molecule has 138 valence electrons. The predicted octanol–water partition coefficient (Wildman–Crippen LogP) is 4.39. The molecule has 8 heteroatoms. The topological polar surface area (TPSA) is 41.6 Å². The van der Waals surface area contributed by atoms with E-state index >= 15 is 0 Å². The maximum absolute atomic E-state index is 12.5. The van der Waals surface area contributed by atoms with Crippen molar-refractivity contribution in [2.75, 3.05) is 36.5 Å². The van der Waals surface area contributed by atoms with Crippen molar-refractivity contribution in [2.24, 2.45) is 0 Å². The van der Waals surface area contributed by atoms with Crippen LogP contribution in [0.3, 0.4) is 0 Å². The van der Waals surface area contributed by atoms with E-state index in [9.17, 15) is 18.0 Å². The van der Waals surface area contributed by atoms with E-state index in [2.05, 4.69) is 10.2 Å². The zero-order valence-corrected chi connectivity index (χ0v) is 14.6. The van der Waals surface area contributed by atoms with E-state index in [1.807, 2.05) is 18.2 Å². The molecule has 0 aromatic heterocycles. The second-order valence-corrected chi connectivity index (χ2v) is 6.78. The lowest BCUT2D eigenvalue weighted by Crippen LogP contribution is -2.36. The molecule has 1 fully saturated rings. The maximum Gasteiger partial charge on any atom is 0.446 e. The van der Waals surface area contributed by atoms with Crippen LogP contribution < -0.4 is 10.2 Å². The Bertz CT molecular complexity index is 760. The molecule has 0 bridgehead atoms. The SMILES string of the molecule is O=C(Nc1ccccc1N1CCOCC1)c1ccc(SC(F)(F)F)cc1. The third-order valence-electron chi connectivity index (χ3n) is 3.85. The number of carbonyl (C=O) groups excluding carboxylic acids is 1. The molecule has 0 unspecified atom stereocenters. The smallest absolute Gasteiger partial charge is 0.378 e. The average molecular weight is 382 g/mol. The van der Waals surface area contributed by atoms with Crippen LogP contribution in [0.15, 0.2) is 53.4 Å². The molecule has 2 aromatic carbocycles. The number of anilines is 2. The van der Waals surface area contributed by atoms with Gasteiger partial charge in [-0.15, -0.1) is 0 Å². The summed E-state index contributed by atoms with van der Waals surface area (Å²) < 4.78 is 42.5. The molecule has 0 radical (unpaired) electrons. The van der Waals surface area contributed by atoms with Crippen molar-refractivity contribution in [2.45, 2.75) is 10.4 Å². The molecule has 1 amide bonds. The fourth-order valence-electron chi connectivity index (χ4n) is 2.66. The average Bonchev–Trinajstić information content (AvgIpc) is 2.62. The summed E-state index contributed by atoms with van der Waals surface area (Å²) in [5.74, 6) is -0.366. The predicted molar refractivity (Wildman–Crippen MR) is 95.8 cm³/mol. The van der Waals surface area contributed by atoms with E-state index in [0.29, 0.717) is 24.5 Å². The highest BCUT2D eigenvalue weighted by Crippen LogP contribution is 2.36. The van der Waals surface area contributed by atoms with Gasteiger partial charge in [-0.05, 0) is 48.2 Å². The number of nitrogens with one attached hydrogen (secondary N) is 1. The first kappa shape index (κ1) is 18.6. The second kappa shape index (κ2) is 8.01. The Morgan fingerprint density at radius 2 is 1.69 bits per heavy atom. The third kappa shape index (κ3) is 4.92. The summed E-state index contributed by atoms with van der Waals surface area (Å²) in [4.78, 5) is 14.6. The van der Waals surface area contributed by atoms with Gasteiger partial charge in [0.2, 0.25) is 0 Å². The summed E-state index contributed by atoms with van der Waals surface area (Å²) >= 11 is -0.204. The molecule has 2 aromatic rings. The number of amides is 1. The highest BCUT2D eigenvalue weighted by molar-refractivity contribution is 8.00. The molecule has 1 N–H and O–H groups in total. The van der Waals surface area contributed by atoms with Gasteiger partial charge in [0.25, 0.3) is 5.91 Å². The normalized spacial score (nSPS) is 15.0. The van der Waals surface area contributed by atoms with E-state index in [-0.39, 0.29) is 22.6 Å². The van der Waals surface area contributed by atoms with Crippen LogP contribution in [0.4, 0.5) is 24.5 Å². The van der Waals surface area contributed by atoms with E-state index in [0.717, 1.165) is 18.8 Å². The molecular formula is C18H17F3N2O2S. The molecule has 0 saturated carbocycles. The fourth-order valence-corrected chi connectivity index (χ4v) is 3.20. The van der Waals surface area contributed by atoms with E-state index in [1.165, 1.54) is 24.3 Å². The van der Waals surface area contributed by atoms with Gasteiger partial charge in [0.15, 0.2) is 0 Å².